The zero-order chi connectivity index (χ0) is 14.7. The van der Waals surface area contributed by atoms with Gasteiger partial charge in [0.05, 0.1) is 12.0 Å². The molecule has 21 heavy (non-hydrogen) atoms. The number of nitrogens with zero attached hydrogens (tertiary/aromatic N) is 1. The molecule has 2 nitrogen and oxygen atoms in total. The molecule has 4 atom stereocenters. The minimum Gasteiger partial charge on any atom is -0.307 e. The van der Waals surface area contributed by atoms with Crippen LogP contribution in [0.5, 0.6) is 0 Å². The molecule has 116 valence electrons. The summed E-state index contributed by atoms with van der Waals surface area (Å²) in [6.07, 6.45) is 13.4. The van der Waals surface area contributed by atoms with Gasteiger partial charge in [0, 0.05) is 11.6 Å². The molecule has 5 rings (SSSR count). The third-order valence-electron chi connectivity index (χ3n) is 7.05. The van der Waals surface area contributed by atoms with Crippen LogP contribution in [-0.4, -0.2) is 11.6 Å². The summed E-state index contributed by atoms with van der Waals surface area (Å²) in [6, 6.07) is 3.06. The standard InChI is InChI=1S/C19H30N2/c1-17-7-14-8-18(2,11-17)13-19(9-14,12-17)21-16-6-4-3-5-15(16)10-20/h14-16,21H,3-9,11-13H2,1-2H3. The fraction of sp³-hybridized carbons (Fsp3) is 0.947. The summed E-state index contributed by atoms with van der Waals surface area (Å²) in [5.74, 6) is 1.19. The Balaban J connectivity index is 1.58. The molecule has 0 amide bonds. The molecule has 5 fully saturated rings. The maximum absolute atomic E-state index is 9.49. The SMILES string of the molecule is CC12CC3CC(C)(C1)CC(NC1CCCCC1C#N)(C3)C2. The average molecular weight is 286 g/mol. The quantitative estimate of drug-likeness (QED) is 0.816. The first kappa shape index (κ1) is 14.1. The summed E-state index contributed by atoms with van der Waals surface area (Å²) < 4.78 is 0. The van der Waals surface area contributed by atoms with Gasteiger partial charge in [-0.2, -0.15) is 5.26 Å². The minimum atomic E-state index is 0.257. The van der Waals surface area contributed by atoms with Crippen LogP contribution in [0.25, 0.3) is 0 Å². The van der Waals surface area contributed by atoms with Gasteiger partial charge >= 0.3 is 0 Å². The van der Waals surface area contributed by atoms with Gasteiger partial charge in [-0.25, -0.2) is 0 Å². The molecule has 0 aliphatic heterocycles. The van der Waals surface area contributed by atoms with Crippen molar-refractivity contribution < 1.29 is 0 Å². The number of hydrogen-bond donors (Lipinski definition) is 1. The predicted octanol–water partition coefficient (Wildman–Crippen LogP) is 4.41. The zero-order valence-electron chi connectivity index (χ0n) is 13.8. The Bertz CT molecular complexity index is 458. The lowest BCUT2D eigenvalue weighted by atomic mass is 9.42. The van der Waals surface area contributed by atoms with Crippen LogP contribution in [0.4, 0.5) is 0 Å². The molecule has 0 aromatic heterocycles. The van der Waals surface area contributed by atoms with E-state index in [1.807, 2.05) is 0 Å². The van der Waals surface area contributed by atoms with E-state index in [0.717, 1.165) is 12.3 Å². The fourth-order valence-electron chi connectivity index (χ4n) is 7.46. The summed E-state index contributed by atoms with van der Waals surface area (Å²) in [7, 11) is 0. The van der Waals surface area contributed by atoms with E-state index in [-0.39, 0.29) is 5.92 Å². The van der Waals surface area contributed by atoms with Gasteiger partial charge in [-0.05, 0) is 68.1 Å². The summed E-state index contributed by atoms with van der Waals surface area (Å²) in [5.41, 5.74) is 1.50. The molecule has 0 heterocycles. The average Bonchev–Trinajstić information content (AvgIpc) is 2.34. The minimum absolute atomic E-state index is 0.257. The Labute approximate surface area is 129 Å². The largest absolute Gasteiger partial charge is 0.307 e. The predicted molar refractivity (Wildman–Crippen MR) is 84.6 cm³/mol. The Hall–Kier alpha value is -0.550. The number of nitrogens with one attached hydrogen (secondary N) is 1. The van der Waals surface area contributed by atoms with E-state index in [9.17, 15) is 5.26 Å². The molecule has 0 aromatic carbocycles. The molecular formula is C19H30N2. The molecular weight excluding hydrogens is 256 g/mol. The Morgan fingerprint density at radius 3 is 2.24 bits per heavy atom. The van der Waals surface area contributed by atoms with Crippen molar-refractivity contribution in [3.8, 4) is 6.07 Å². The maximum atomic E-state index is 9.49. The van der Waals surface area contributed by atoms with E-state index >= 15 is 0 Å². The monoisotopic (exact) mass is 286 g/mol. The molecule has 0 spiro atoms. The van der Waals surface area contributed by atoms with Crippen molar-refractivity contribution in [1.82, 2.24) is 5.32 Å². The third-order valence-corrected chi connectivity index (χ3v) is 7.05. The van der Waals surface area contributed by atoms with Gasteiger partial charge in [0.15, 0.2) is 0 Å². The fourth-order valence-corrected chi connectivity index (χ4v) is 7.46. The summed E-state index contributed by atoms with van der Waals surface area (Å²) >= 11 is 0. The molecule has 5 saturated carbocycles. The topological polar surface area (TPSA) is 35.8 Å². The van der Waals surface area contributed by atoms with Crippen molar-refractivity contribution in [2.24, 2.45) is 22.7 Å². The molecule has 0 aromatic rings. The Morgan fingerprint density at radius 2 is 1.62 bits per heavy atom. The van der Waals surface area contributed by atoms with Gasteiger partial charge in [0.1, 0.15) is 0 Å². The number of hydrogen-bond acceptors (Lipinski definition) is 2. The lowest BCUT2D eigenvalue weighted by Crippen LogP contribution is -2.66. The van der Waals surface area contributed by atoms with Gasteiger partial charge < -0.3 is 5.32 Å². The van der Waals surface area contributed by atoms with E-state index in [2.05, 4.69) is 25.2 Å². The van der Waals surface area contributed by atoms with Crippen LogP contribution in [-0.2, 0) is 0 Å². The number of rotatable bonds is 2. The molecule has 0 saturated heterocycles. The van der Waals surface area contributed by atoms with Gasteiger partial charge in [0.25, 0.3) is 0 Å². The van der Waals surface area contributed by atoms with Crippen LogP contribution in [0, 0.1) is 34.0 Å². The van der Waals surface area contributed by atoms with Crippen molar-refractivity contribution in [1.29, 1.82) is 5.26 Å². The molecule has 5 aliphatic carbocycles. The van der Waals surface area contributed by atoms with Crippen molar-refractivity contribution in [2.45, 2.75) is 89.6 Å². The van der Waals surface area contributed by atoms with Crippen LogP contribution in [0.3, 0.4) is 0 Å². The van der Waals surface area contributed by atoms with Crippen LogP contribution in [0.1, 0.15) is 78.1 Å². The van der Waals surface area contributed by atoms with E-state index in [1.54, 1.807) is 0 Å². The highest BCUT2D eigenvalue weighted by atomic mass is 15.0. The molecule has 2 heteroatoms. The Morgan fingerprint density at radius 1 is 0.952 bits per heavy atom. The van der Waals surface area contributed by atoms with E-state index in [4.69, 9.17) is 0 Å². The second-order valence-corrected chi connectivity index (χ2v) is 9.68. The first-order valence-electron chi connectivity index (χ1n) is 9.11. The van der Waals surface area contributed by atoms with Crippen LogP contribution in [0.2, 0.25) is 0 Å². The lowest BCUT2D eigenvalue weighted by molar-refractivity contribution is -0.122. The van der Waals surface area contributed by atoms with Gasteiger partial charge in [-0.3, -0.25) is 0 Å². The Kier molecular flexibility index (Phi) is 3.00. The highest BCUT2D eigenvalue weighted by Gasteiger charge is 2.60. The molecule has 5 aliphatic rings. The van der Waals surface area contributed by atoms with Crippen LogP contribution in [0.15, 0.2) is 0 Å². The van der Waals surface area contributed by atoms with Crippen molar-refractivity contribution >= 4 is 0 Å². The maximum Gasteiger partial charge on any atom is 0.0672 e. The summed E-state index contributed by atoms with van der Waals surface area (Å²) in [6.45, 7) is 5.07. The molecule has 1 N–H and O–H groups in total. The van der Waals surface area contributed by atoms with E-state index in [0.29, 0.717) is 22.4 Å². The highest BCUT2D eigenvalue weighted by molar-refractivity contribution is 5.15. The smallest absolute Gasteiger partial charge is 0.0672 e. The summed E-state index contributed by atoms with van der Waals surface area (Å²) in [5, 5.41) is 13.6. The van der Waals surface area contributed by atoms with Crippen LogP contribution >= 0.6 is 0 Å². The van der Waals surface area contributed by atoms with Gasteiger partial charge in [-0.15, -0.1) is 0 Å². The normalized spacial score (nSPS) is 55.4. The third kappa shape index (κ3) is 2.33. The first-order valence-corrected chi connectivity index (χ1v) is 9.11. The second-order valence-electron chi connectivity index (χ2n) is 9.68. The second kappa shape index (κ2) is 4.48. The zero-order valence-corrected chi connectivity index (χ0v) is 13.8. The number of nitriles is 1. The van der Waals surface area contributed by atoms with Crippen molar-refractivity contribution in [2.75, 3.05) is 0 Å². The molecule has 0 radical (unpaired) electrons. The first-order chi connectivity index (χ1) is 9.93. The molecule has 4 bridgehead atoms. The van der Waals surface area contributed by atoms with Gasteiger partial charge in [-0.1, -0.05) is 26.7 Å². The van der Waals surface area contributed by atoms with E-state index < -0.39 is 0 Å². The van der Waals surface area contributed by atoms with E-state index in [1.165, 1.54) is 57.8 Å². The lowest BCUT2D eigenvalue weighted by Gasteiger charge is -2.66. The van der Waals surface area contributed by atoms with Gasteiger partial charge in [0.2, 0.25) is 0 Å². The highest BCUT2D eigenvalue weighted by Crippen LogP contribution is 2.66. The summed E-state index contributed by atoms with van der Waals surface area (Å²) in [4.78, 5) is 0. The van der Waals surface area contributed by atoms with Crippen molar-refractivity contribution in [3.63, 3.8) is 0 Å². The van der Waals surface area contributed by atoms with Crippen LogP contribution < -0.4 is 5.32 Å². The molecule has 4 unspecified atom stereocenters. The van der Waals surface area contributed by atoms with Crippen molar-refractivity contribution in [3.05, 3.63) is 0 Å².